The summed E-state index contributed by atoms with van der Waals surface area (Å²) in [6, 6.07) is 1.02. The molecule has 1 aliphatic rings. The molecule has 0 saturated heterocycles. The van der Waals surface area contributed by atoms with E-state index in [1.54, 1.807) is 0 Å². The number of aliphatic carboxylic acids is 1. The largest absolute Gasteiger partial charge is 0.480 e. The molecule has 1 unspecified atom stereocenters. The average Bonchev–Trinajstić information content (AvgIpc) is 2.47. The highest BCUT2D eigenvalue weighted by molar-refractivity contribution is 5.81. The van der Waals surface area contributed by atoms with Crippen molar-refractivity contribution < 1.29 is 18.7 Å². The number of anilines is 1. The maximum absolute atomic E-state index is 13.1. The second-order valence-corrected chi connectivity index (χ2v) is 3.16. The van der Waals surface area contributed by atoms with Gasteiger partial charge >= 0.3 is 5.97 Å². The van der Waals surface area contributed by atoms with Gasteiger partial charge in [-0.2, -0.15) is 0 Å². The first-order chi connectivity index (χ1) is 6.58. The Balaban J connectivity index is 2.39. The molecule has 0 aromatic heterocycles. The molecule has 74 valence electrons. The molecule has 1 heterocycles. The SMILES string of the molecule is O=C(O)C1Cc2cc(F)cc(F)c2N1. The number of benzene rings is 1. The molecular weight excluding hydrogens is 192 g/mol. The van der Waals surface area contributed by atoms with Gasteiger partial charge in [0.2, 0.25) is 0 Å². The molecule has 0 fully saturated rings. The van der Waals surface area contributed by atoms with E-state index in [9.17, 15) is 13.6 Å². The van der Waals surface area contributed by atoms with E-state index >= 15 is 0 Å². The van der Waals surface area contributed by atoms with Crippen molar-refractivity contribution in [3.63, 3.8) is 0 Å². The Hall–Kier alpha value is -1.65. The molecular formula is C9H7F2NO2. The van der Waals surface area contributed by atoms with Crippen LogP contribution >= 0.6 is 0 Å². The maximum atomic E-state index is 13.1. The van der Waals surface area contributed by atoms with Gasteiger partial charge < -0.3 is 10.4 Å². The lowest BCUT2D eigenvalue weighted by Gasteiger charge is -2.04. The molecule has 0 spiro atoms. The summed E-state index contributed by atoms with van der Waals surface area (Å²) in [5.74, 6) is -2.50. The first-order valence-electron chi connectivity index (χ1n) is 4.05. The topological polar surface area (TPSA) is 49.3 Å². The van der Waals surface area contributed by atoms with Crippen LogP contribution in [0, 0.1) is 11.6 Å². The van der Waals surface area contributed by atoms with Crippen molar-refractivity contribution in [1.82, 2.24) is 0 Å². The normalized spacial score (nSPS) is 18.9. The van der Waals surface area contributed by atoms with E-state index in [-0.39, 0.29) is 12.1 Å². The van der Waals surface area contributed by atoms with Crippen LogP contribution in [0.3, 0.4) is 0 Å². The molecule has 0 saturated carbocycles. The fourth-order valence-corrected chi connectivity index (χ4v) is 1.54. The van der Waals surface area contributed by atoms with Gasteiger partial charge in [-0.3, -0.25) is 0 Å². The lowest BCUT2D eigenvalue weighted by molar-refractivity contribution is -0.137. The smallest absolute Gasteiger partial charge is 0.326 e. The quantitative estimate of drug-likeness (QED) is 0.718. The van der Waals surface area contributed by atoms with Gasteiger partial charge in [0.05, 0.1) is 5.69 Å². The van der Waals surface area contributed by atoms with Crippen molar-refractivity contribution in [1.29, 1.82) is 0 Å². The van der Waals surface area contributed by atoms with Gasteiger partial charge in [0.1, 0.15) is 17.7 Å². The summed E-state index contributed by atoms with van der Waals surface area (Å²) >= 11 is 0. The predicted molar refractivity (Wildman–Crippen MR) is 45.1 cm³/mol. The summed E-state index contributed by atoms with van der Waals surface area (Å²) in [6.07, 6.45) is 0.110. The lowest BCUT2D eigenvalue weighted by atomic mass is 10.1. The van der Waals surface area contributed by atoms with Gasteiger partial charge in [-0.05, 0) is 11.6 Å². The van der Waals surface area contributed by atoms with Crippen LogP contribution in [0.1, 0.15) is 5.56 Å². The van der Waals surface area contributed by atoms with Crippen molar-refractivity contribution in [3.8, 4) is 0 Å². The zero-order valence-corrected chi connectivity index (χ0v) is 7.05. The Kier molecular flexibility index (Phi) is 1.87. The van der Waals surface area contributed by atoms with E-state index in [0.717, 1.165) is 12.1 Å². The molecule has 0 bridgehead atoms. The number of halogens is 2. The zero-order valence-electron chi connectivity index (χ0n) is 7.05. The van der Waals surface area contributed by atoms with Crippen molar-refractivity contribution >= 4 is 11.7 Å². The third-order valence-electron chi connectivity index (χ3n) is 2.18. The van der Waals surface area contributed by atoms with Gasteiger partial charge in [-0.25, -0.2) is 13.6 Å². The highest BCUT2D eigenvalue weighted by Crippen LogP contribution is 2.29. The van der Waals surface area contributed by atoms with E-state index in [1.165, 1.54) is 0 Å². The summed E-state index contributed by atoms with van der Waals surface area (Å²) in [5, 5.41) is 11.2. The van der Waals surface area contributed by atoms with Crippen molar-refractivity contribution in [2.75, 3.05) is 5.32 Å². The van der Waals surface area contributed by atoms with Crippen LogP contribution in [-0.4, -0.2) is 17.1 Å². The molecule has 14 heavy (non-hydrogen) atoms. The van der Waals surface area contributed by atoms with Crippen LogP contribution in [0.2, 0.25) is 0 Å². The predicted octanol–water partition coefficient (Wildman–Crippen LogP) is 1.39. The van der Waals surface area contributed by atoms with Crippen molar-refractivity contribution in [2.45, 2.75) is 12.5 Å². The number of hydrogen-bond donors (Lipinski definition) is 2. The Bertz CT molecular complexity index is 406. The summed E-state index contributed by atoms with van der Waals surface area (Å²) in [7, 11) is 0. The van der Waals surface area contributed by atoms with Gasteiger partial charge in [0.25, 0.3) is 0 Å². The summed E-state index contributed by atoms with van der Waals surface area (Å²) in [5.41, 5.74) is 0.466. The average molecular weight is 199 g/mol. The minimum absolute atomic E-state index is 0.0961. The summed E-state index contributed by atoms with van der Waals surface area (Å²) in [6.45, 7) is 0. The van der Waals surface area contributed by atoms with E-state index in [2.05, 4.69) is 5.32 Å². The van der Waals surface area contributed by atoms with Gasteiger partial charge in [-0.1, -0.05) is 0 Å². The molecule has 1 atom stereocenters. The van der Waals surface area contributed by atoms with Crippen molar-refractivity contribution in [2.24, 2.45) is 0 Å². The molecule has 0 amide bonds. The van der Waals surface area contributed by atoms with E-state index in [0.29, 0.717) is 5.56 Å². The second-order valence-electron chi connectivity index (χ2n) is 3.16. The van der Waals surface area contributed by atoms with Crippen LogP contribution in [-0.2, 0) is 11.2 Å². The number of rotatable bonds is 1. The molecule has 2 rings (SSSR count). The molecule has 1 aromatic rings. The maximum Gasteiger partial charge on any atom is 0.326 e. The van der Waals surface area contributed by atoms with Crippen LogP contribution in [0.4, 0.5) is 14.5 Å². The fourth-order valence-electron chi connectivity index (χ4n) is 1.54. The Morgan fingerprint density at radius 1 is 1.50 bits per heavy atom. The summed E-state index contributed by atoms with van der Waals surface area (Å²) < 4.78 is 25.8. The Morgan fingerprint density at radius 2 is 2.21 bits per heavy atom. The Morgan fingerprint density at radius 3 is 2.86 bits per heavy atom. The third-order valence-corrected chi connectivity index (χ3v) is 2.18. The van der Waals surface area contributed by atoms with Crippen LogP contribution in [0.25, 0.3) is 0 Å². The zero-order chi connectivity index (χ0) is 10.3. The highest BCUT2D eigenvalue weighted by atomic mass is 19.1. The van der Waals surface area contributed by atoms with E-state index < -0.39 is 23.6 Å². The monoisotopic (exact) mass is 199 g/mol. The first-order valence-corrected chi connectivity index (χ1v) is 4.05. The minimum atomic E-state index is -1.07. The van der Waals surface area contributed by atoms with Crippen molar-refractivity contribution in [3.05, 3.63) is 29.3 Å². The standard InChI is InChI=1S/C9H7F2NO2/c10-5-1-4-2-7(9(13)14)12-8(4)6(11)3-5/h1,3,7,12H,2H2,(H,13,14). The van der Waals surface area contributed by atoms with Crippen LogP contribution in [0.5, 0.6) is 0 Å². The number of hydrogen-bond acceptors (Lipinski definition) is 2. The van der Waals surface area contributed by atoms with E-state index in [1.807, 2.05) is 0 Å². The number of fused-ring (bicyclic) bond motifs is 1. The number of nitrogens with one attached hydrogen (secondary N) is 1. The first kappa shape index (κ1) is 8.93. The molecule has 1 aliphatic heterocycles. The molecule has 2 N–H and O–H groups in total. The van der Waals surface area contributed by atoms with E-state index in [4.69, 9.17) is 5.11 Å². The molecule has 0 radical (unpaired) electrons. The Labute approximate surface area is 78.4 Å². The second kappa shape index (κ2) is 2.94. The number of carbonyl (C=O) groups is 1. The highest BCUT2D eigenvalue weighted by Gasteiger charge is 2.28. The molecule has 3 nitrogen and oxygen atoms in total. The van der Waals surface area contributed by atoms with Crippen LogP contribution in [0.15, 0.2) is 12.1 Å². The van der Waals surface area contributed by atoms with Gasteiger partial charge in [0.15, 0.2) is 0 Å². The number of carboxylic acid groups (broad SMARTS) is 1. The summed E-state index contributed by atoms with van der Waals surface area (Å²) in [4.78, 5) is 10.6. The van der Waals surface area contributed by atoms with Gasteiger partial charge in [-0.15, -0.1) is 0 Å². The van der Waals surface area contributed by atoms with Crippen LogP contribution < -0.4 is 5.32 Å². The molecule has 5 heteroatoms. The minimum Gasteiger partial charge on any atom is -0.480 e. The van der Waals surface area contributed by atoms with Gasteiger partial charge in [0, 0.05) is 12.5 Å². The lowest BCUT2D eigenvalue weighted by Crippen LogP contribution is -2.26. The third kappa shape index (κ3) is 1.30. The fraction of sp³-hybridized carbons (Fsp3) is 0.222. The number of carboxylic acids is 1. The molecule has 0 aliphatic carbocycles. The molecule has 1 aromatic carbocycles.